The Morgan fingerprint density at radius 1 is 0.944 bits per heavy atom. The highest BCUT2D eigenvalue weighted by molar-refractivity contribution is 5.18. The zero-order valence-corrected chi connectivity index (χ0v) is 10.1. The molecule has 2 bridgehead atoms. The third kappa shape index (κ3) is 2.01. The second kappa shape index (κ2) is 4.24. The highest BCUT2D eigenvalue weighted by atomic mass is 19.2. The van der Waals surface area contributed by atoms with Gasteiger partial charge in [-0.3, -0.25) is 4.90 Å². The molecule has 0 radical (unpaired) electrons. The molecule has 3 aliphatic rings. The average molecular weight is 257 g/mol. The van der Waals surface area contributed by atoms with Gasteiger partial charge in [0.25, 0.3) is 0 Å². The van der Waals surface area contributed by atoms with Crippen molar-refractivity contribution in [3.63, 3.8) is 0 Å². The molecule has 0 saturated carbocycles. The molecule has 3 heterocycles. The summed E-state index contributed by atoms with van der Waals surface area (Å²) in [7, 11) is 0. The van der Waals surface area contributed by atoms with Crippen LogP contribution in [0.3, 0.4) is 0 Å². The van der Waals surface area contributed by atoms with Gasteiger partial charge in [-0.05, 0) is 12.1 Å². The molecular formula is C13H16F3N2+. The predicted octanol–water partition coefficient (Wildman–Crippen LogP) is 1.75. The molecule has 0 N–H and O–H groups in total. The zero-order chi connectivity index (χ0) is 12.8. The number of rotatable bonds is 2. The summed E-state index contributed by atoms with van der Waals surface area (Å²) in [4.78, 5) is 2.41. The number of quaternary nitrogens is 1. The number of benzene rings is 1. The summed E-state index contributed by atoms with van der Waals surface area (Å²) in [5.74, 6) is -3.54. The highest BCUT2D eigenvalue weighted by Gasteiger charge is 2.38. The number of nitrogens with zero attached hydrogens (tertiary/aromatic N) is 2. The molecule has 1 aromatic carbocycles. The van der Waals surface area contributed by atoms with E-state index in [0.29, 0.717) is 12.1 Å². The number of fused-ring (bicyclic) bond motifs is 3. The van der Waals surface area contributed by atoms with Gasteiger partial charge in [0.05, 0.1) is 19.6 Å². The van der Waals surface area contributed by atoms with Gasteiger partial charge in [-0.15, -0.1) is 0 Å². The Balaban J connectivity index is 1.84. The van der Waals surface area contributed by atoms with Gasteiger partial charge in [-0.2, -0.15) is 0 Å². The first kappa shape index (κ1) is 12.0. The Morgan fingerprint density at radius 2 is 1.44 bits per heavy atom. The summed E-state index contributed by atoms with van der Waals surface area (Å²) >= 11 is 0. The molecule has 0 aliphatic carbocycles. The van der Waals surface area contributed by atoms with Gasteiger partial charge in [-0.25, -0.2) is 13.2 Å². The van der Waals surface area contributed by atoms with E-state index >= 15 is 0 Å². The van der Waals surface area contributed by atoms with Crippen molar-refractivity contribution in [1.82, 2.24) is 4.90 Å². The van der Waals surface area contributed by atoms with Crippen molar-refractivity contribution in [1.29, 1.82) is 0 Å². The average Bonchev–Trinajstić information content (AvgIpc) is 2.37. The van der Waals surface area contributed by atoms with Gasteiger partial charge >= 0.3 is 0 Å². The number of halogens is 3. The van der Waals surface area contributed by atoms with Crippen molar-refractivity contribution in [3.8, 4) is 0 Å². The Labute approximate surface area is 104 Å². The molecule has 3 aliphatic heterocycles. The SMILES string of the molecule is Fc1cc(C[N+]23CCN(CC2)CC3)cc(F)c1F. The summed E-state index contributed by atoms with van der Waals surface area (Å²) in [5, 5.41) is 0. The third-order valence-corrected chi connectivity index (χ3v) is 4.23. The molecule has 0 amide bonds. The lowest BCUT2D eigenvalue weighted by Crippen LogP contribution is -2.66. The van der Waals surface area contributed by atoms with E-state index in [0.717, 1.165) is 55.9 Å². The molecule has 3 saturated heterocycles. The molecule has 5 heteroatoms. The van der Waals surface area contributed by atoms with Crippen LogP contribution < -0.4 is 0 Å². The molecule has 4 rings (SSSR count). The third-order valence-electron chi connectivity index (χ3n) is 4.23. The molecule has 0 atom stereocenters. The topological polar surface area (TPSA) is 3.24 Å². The number of hydrogen-bond acceptors (Lipinski definition) is 1. The first-order chi connectivity index (χ1) is 8.58. The van der Waals surface area contributed by atoms with Gasteiger partial charge in [0.1, 0.15) is 6.54 Å². The lowest BCUT2D eigenvalue weighted by atomic mass is 10.1. The number of hydrogen-bond donors (Lipinski definition) is 0. The first-order valence-electron chi connectivity index (χ1n) is 6.29. The van der Waals surface area contributed by atoms with E-state index < -0.39 is 17.5 Å². The maximum Gasteiger partial charge on any atom is 0.194 e. The minimum Gasteiger partial charge on any atom is -0.317 e. The van der Waals surface area contributed by atoms with E-state index in [4.69, 9.17) is 0 Å². The van der Waals surface area contributed by atoms with E-state index in [1.165, 1.54) is 0 Å². The molecule has 1 aromatic rings. The van der Waals surface area contributed by atoms with Crippen LogP contribution in [0.1, 0.15) is 5.56 Å². The minimum absolute atomic E-state index is 0.557. The number of piperazine rings is 3. The fourth-order valence-electron chi connectivity index (χ4n) is 3.06. The van der Waals surface area contributed by atoms with Crippen molar-refractivity contribution in [2.45, 2.75) is 6.54 Å². The fraction of sp³-hybridized carbons (Fsp3) is 0.538. The minimum atomic E-state index is -1.37. The van der Waals surface area contributed by atoms with E-state index in [-0.39, 0.29) is 0 Å². The smallest absolute Gasteiger partial charge is 0.194 e. The van der Waals surface area contributed by atoms with Gasteiger partial charge in [0.15, 0.2) is 17.5 Å². The van der Waals surface area contributed by atoms with Crippen molar-refractivity contribution in [3.05, 3.63) is 35.1 Å². The monoisotopic (exact) mass is 257 g/mol. The highest BCUT2D eigenvalue weighted by Crippen LogP contribution is 2.24. The largest absolute Gasteiger partial charge is 0.317 e. The molecule has 2 nitrogen and oxygen atoms in total. The molecule has 98 valence electrons. The standard InChI is InChI=1S/C13H16F3N2/c14-11-7-10(8-12(15)13(11)16)9-18-4-1-17(2-5-18)3-6-18/h7-8H,1-6,9H2/q+1. The fourth-order valence-corrected chi connectivity index (χ4v) is 3.06. The molecule has 3 fully saturated rings. The predicted molar refractivity (Wildman–Crippen MR) is 61.3 cm³/mol. The first-order valence-corrected chi connectivity index (χ1v) is 6.29. The van der Waals surface area contributed by atoms with Gasteiger partial charge in [0.2, 0.25) is 0 Å². The van der Waals surface area contributed by atoms with Crippen molar-refractivity contribution in [2.75, 3.05) is 39.3 Å². The summed E-state index contributed by atoms with van der Waals surface area (Å²) in [5.41, 5.74) is 0.557. The van der Waals surface area contributed by atoms with Crippen LogP contribution in [-0.4, -0.2) is 48.7 Å². The second-order valence-electron chi connectivity index (χ2n) is 5.39. The van der Waals surface area contributed by atoms with Gasteiger partial charge in [0, 0.05) is 25.2 Å². The molecule has 0 unspecified atom stereocenters. The van der Waals surface area contributed by atoms with Crippen LogP contribution >= 0.6 is 0 Å². The van der Waals surface area contributed by atoms with Crippen LogP contribution in [0.2, 0.25) is 0 Å². The summed E-state index contributed by atoms with van der Waals surface area (Å²) in [6.45, 7) is 6.79. The van der Waals surface area contributed by atoms with E-state index in [9.17, 15) is 13.2 Å². The summed E-state index contributed by atoms with van der Waals surface area (Å²) in [6.07, 6.45) is 0. The maximum atomic E-state index is 13.2. The van der Waals surface area contributed by atoms with Crippen LogP contribution in [0, 0.1) is 17.5 Å². The Morgan fingerprint density at radius 3 is 1.94 bits per heavy atom. The Hall–Kier alpha value is -1.07. The Kier molecular flexibility index (Phi) is 2.83. The molecule has 18 heavy (non-hydrogen) atoms. The molecular weight excluding hydrogens is 241 g/mol. The van der Waals surface area contributed by atoms with E-state index in [1.54, 1.807) is 0 Å². The van der Waals surface area contributed by atoms with Crippen LogP contribution in [0.25, 0.3) is 0 Å². The normalized spacial score (nSPS) is 30.7. The molecule has 0 spiro atoms. The van der Waals surface area contributed by atoms with Crippen molar-refractivity contribution < 1.29 is 17.7 Å². The van der Waals surface area contributed by atoms with Crippen molar-refractivity contribution >= 4 is 0 Å². The maximum absolute atomic E-state index is 13.2. The van der Waals surface area contributed by atoms with Crippen LogP contribution in [0.15, 0.2) is 12.1 Å². The lowest BCUT2D eigenvalue weighted by Gasteiger charge is -2.50. The second-order valence-corrected chi connectivity index (χ2v) is 5.39. The van der Waals surface area contributed by atoms with Crippen LogP contribution in [-0.2, 0) is 6.54 Å². The van der Waals surface area contributed by atoms with Gasteiger partial charge in [-0.1, -0.05) is 0 Å². The summed E-state index contributed by atoms with van der Waals surface area (Å²) in [6, 6.07) is 2.26. The van der Waals surface area contributed by atoms with Crippen molar-refractivity contribution in [2.24, 2.45) is 0 Å². The molecule has 0 aromatic heterocycles. The van der Waals surface area contributed by atoms with Crippen LogP contribution in [0.5, 0.6) is 0 Å². The van der Waals surface area contributed by atoms with E-state index in [1.807, 2.05) is 0 Å². The quantitative estimate of drug-likeness (QED) is 0.576. The van der Waals surface area contributed by atoms with Gasteiger partial charge < -0.3 is 4.48 Å². The van der Waals surface area contributed by atoms with Crippen LogP contribution in [0.4, 0.5) is 13.2 Å². The lowest BCUT2D eigenvalue weighted by molar-refractivity contribution is -0.953. The zero-order valence-electron chi connectivity index (χ0n) is 10.1. The summed E-state index contributed by atoms with van der Waals surface area (Å²) < 4.78 is 40.2. The Bertz CT molecular complexity index is 431. The van der Waals surface area contributed by atoms with E-state index in [2.05, 4.69) is 4.90 Å².